The molecule has 0 fully saturated rings. The highest BCUT2D eigenvalue weighted by molar-refractivity contribution is 6.46. The summed E-state index contributed by atoms with van der Waals surface area (Å²) in [5.74, 6) is 0. The van der Waals surface area contributed by atoms with E-state index in [0.717, 1.165) is 0 Å². The van der Waals surface area contributed by atoms with Gasteiger partial charge in [-0.1, -0.05) is 96.1 Å². The van der Waals surface area contributed by atoms with Crippen molar-refractivity contribution in [3.05, 3.63) is 143 Å². The maximum atomic E-state index is 2.59. The summed E-state index contributed by atoms with van der Waals surface area (Å²) >= 11 is 0. The molecule has 0 aliphatic rings. The minimum Gasteiger partial charge on any atom is -0.308 e. The highest BCUT2D eigenvalue weighted by Crippen LogP contribution is 2.54. The van der Waals surface area contributed by atoms with Crippen molar-refractivity contribution in [1.29, 1.82) is 0 Å². The van der Waals surface area contributed by atoms with E-state index in [4.69, 9.17) is 0 Å². The minimum absolute atomic E-state index is 1.27. The Hall–Kier alpha value is -5.86. The van der Waals surface area contributed by atoms with Gasteiger partial charge in [-0.3, -0.25) is 0 Å². The maximum absolute atomic E-state index is 2.59. The Balaban J connectivity index is 1.50. The number of aromatic nitrogens is 2. The van der Waals surface area contributed by atoms with Crippen LogP contribution in [0.1, 0.15) is 33.4 Å². The first-order valence-corrected chi connectivity index (χ1v) is 17.8. The lowest BCUT2D eigenvalue weighted by Crippen LogP contribution is -1.91. The quantitative estimate of drug-likeness (QED) is 0.178. The molecule has 50 heavy (non-hydrogen) atoms. The van der Waals surface area contributed by atoms with Gasteiger partial charge in [0.05, 0.1) is 33.1 Å². The Morgan fingerprint density at radius 3 is 1.10 bits per heavy atom. The van der Waals surface area contributed by atoms with Crippen LogP contribution in [-0.2, 0) is 0 Å². The van der Waals surface area contributed by atoms with Gasteiger partial charge >= 0.3 is 0 Å². The van der Waals surface area contributed by atoms with E-state index in [2.05, 4.69) is 160 Å². The van der Waals surface area contributed by atoms with Crippen molar-refractivity contribution >= 4 is 76.2 Å². The second-order valence-electron chi connectivity index (χ2n) is 14.8. The number of rotatable bonds is 2. The SMILES string of the molecule is Cc1cc(C)c(-c2cccc3c2c2c4c5ccccc5n5c6cccc(-c7c(C)cc(C)cc7C)c6c(c6c7ccccc7n3c62)c45)c(C)c1. The molecule has 0 bridgehead atoms. The first-order chi connectivity index (χ1) is 24.3. The molecule has 11 rings (SSSR count). The van der Waals surface area contributed by atoms with Crippen molar-refractivity contribution in [2.75, 3.05) is 0 Å². The van der Waals surface area contributed by atoms with Crippen LogP contribution in [0.5, 0.6) is 0 Å². The third kappa shape index (κ3) is 3.25. The molecule has 0 saturated carbocycles. The van der Waals surface area contributed by atoms with Crippen LogP contribution in [0.3, 0.4) is 0 Å². The predicted octanol–water partition coefficient (Wildman–Crippen LogP) is 13.2. The van der Waals surface area contributed by atoms with Gasteiger partial charge < -0.3 is 8.80 Å². The number of fused-ring (bicyclic) bond motifs is 14. The Kier molecular flexibility index (Phi) is 5.28. The number of benzene rings is 7. The first kappa shape index (κ1) is 28.0. The van der Waals surface area contributed by atoms with Crippen molar-refractivity contribution in [3.8, 4) is 22.3 Å². The summed E-state index contributed by atoms with van der Waals surface area (Å²) in [6.45, 7) is 13.5. The van der Waals surface area contributed by atoms with Gasteiger partial charge in [0.15, 0.2) is 0 Å². The highest BCUT2D eigenvalue weighted by atomic mass is 14.9. The van der Waals surface area contributed by atoms with Gasteiger partial charge in [-0.2, -0.15) is 0 Å². The van der Waals surface area contributed by atoms with Crippen molar-refractivity contribution in [2.45, 2.75) is 41.5 Å². The van der Waals surface area contributed by atoms with Gasteiger partial charge in [-0.05, 0) is 110 Å². The van der Waals surface area contributed by atoms with Crippen molar-refractivity contribution in [1.82, 2.24) is 8.80 Å². The highest BCUT2D eigenvalue weighted by Gasteiger charge is 2.30. The summed E-state index contributed by atoms with van der Waals surface area (Å²) in [6, 6.07) is 41.5. The summed E-state index contributed by atoms with van der Waals surface area (Å²) in [5.41, 5.74) is 21.0. The number of para-hydroxylation sites is 2. The predicted molar refractivity (Wildman–Crippen MR) is 215 cm³/mol. The van der Waals surface area contributed by atoms with Gasteiger partial charge in [0.1, 0.15) is 0 Å². The Morgan fingerprint density at radius 2 is 0.700 bits per heavy atom. The molecule has 2 nitrogen and oxygen atoms in total. The summed E-state index contributed by atoms with van der Waals surface area (Å²) < 4.78 is 5.17. The number of hydrogen-bond donors (Lipinski definition) is 0. The molecule has 0 saturated heterocycles. The Labute approximate surface area is 290 Å². The molecule has 2 heteroatoms. The van der Waals surface area contributed by atoms with E-state index in [-0.39, 0.29) is 0 Å². The van der Waals surface area contributed by atoms with Crippen molar-refractivity contribution < 1.29 is 0 Å². The van der Waals surface area contributed by atoms with E-state index in [0.29, 0.717) is 0 Å². The lowest BCUT2D eigenvalue weighted by Gasteiger charge is -2.14. The van der Waals surface area contributed by atoms with E-state index in [1.807, 2.05) is 0 Å². The number of nitrogens with zero attached hydrogens (tertiary/aromatic N) is 2. The summed E-state index contributed by atoms with van der Waals surface area (Å²) in [7, 11) is 0. The molecular formula is C48H36N2. The molecular weight excluding hydrogens is 605 g/mol. The molecule has 0 aliphatic carbocycles. The van der Waals surface area contributed by atoms with Gasteiger partial charge in [0, 0.05) is 43.1 Å². The molecule has 4 aromatic heterocycles. The van der Waals surface area contributed by atoms with E-state index in [1.54, 1.807) is 0 Å². The average molecular weight is 641 g/mol. The van der Waals surface area contributed by atoms with Crippen LogP contribution in [0.4, 0.5) is 0 Å². The molecule has 0 atom stereocenters. The zero-order valence-corrected chi connectivity index (χ0v) is 29.3. The third-order valence-corrected chi connectivity index (χ3v) is 11.7. The fourth-order valence-corrected chi connectivity index (χ4v) is 10.3. The number of hydrogen-bond acceptors (Lipinski definition) is 0. The Morgan fingerprint density at radius 1 is 0.340 bits per heavy atom. The lowest BCUT2D eigenvalue weighted by atomic mass is 9.88. The second kappa shape index (κ2) is 9.43. The van der Waals surface area contributed by atoms with Crippen LogP contribution in [0.2, 0.25) is 0 Å². The molecule has 4 heterocycles. The monoisotopic (exact) mass is 640 g/mol. The average Bonchev–Trinajstić information content (AvgIpc) is 3.81. The normalized spacial score (nSPS) is 12.6. The smallest absolute Gasteiger partial charge is 0.0634 e. The summed E-state index contributed by atoms with van der Waals surface area (Å²) in [4.78, 5) is 0. The van der Waals surface area contributed by atoms with Crippen molar-refractivity contribution in [3.63, 3.8) is 0 Å². The molecule has 0 radical (unpaired) electrons. The van der Waals surface area contributed by atoms with Crippen LogP contribution < -0.4 is 0 Å². The standard InChI is InChI=1S/C48H36N2/c1-25-21-27(3)39(28(4)22-25)33-15-11-19-37-41(33)45-43-31-13-7-10-18-36(31)50-38-20-12-16-34(40-29(5)23-26(2)24-30(40)6)42(38)46(48(43)50)44-32-14-8-9-17-35(32)49(37)47(44)45/h7-24H,1-6H3. The van der Waals surface area contributed by atoms with E-state index < -0.39 is 0 Å². The van der Waals surface area contributed by atoms with E-state index >= 15 is 0 Å². The fourth-order valence-electron chi connectivity index (χ4n) is 10.3. The zero-order chi connectivity index (χ0) is 33.7. The largest absolute Gasteiger partial charge is 0.308 e. The molecule has 11 aromatic rings. The molecule has 7 aromatic carbocycles. The Bertz CT molecular complexity index is 2990. The summed E-state index contributed by atoms with van der Waals surface area (Å²) in [5, 5.41) is 10.8. The van der Waals surface area contributed by atoms with Gasteiger partial charge in [0.25, 0.3) is 0 Å². The number of aryl methyl sites for hydroxylation is 6. The van der Waals surface area contributed by atoms with E-state index in [9.17, 15) is 0 Å². The van der Waals surface area contributed by atoms with Crippen LogP contribution >= 0.6 is 0 Å². The molecule has 0 amide bonds. The lowest BCUT2D eigenvalue weighted by molar-refractivity contribution is 1.32. The van der Waals surface area contributed by atoms with Gasteiger partial charge in [0.2, 0.25) is 0 Å². The van der Waals surface area contributed by atoms with E-state index in [1.165, 1.54) is 132 Å². The fraction of sp³-hybridized carbons (Fsp3) is 0.125. The maximum Gasteiger partial charge on any atom is 0.0634 e. The van der Waals surface area contributed by atoms with Crippen LogP contribution in [-0.4, -0.2) is 8.80 Å². The van der Waals surface area contributed by atoms with Gasteiger partial charge in [-0.25, -0.2) is 0 Å². The molecule has 238 valence electrons. The van der Waals surface area contributed by atoms with Gasteiger partial charge in [-0.15, -0.1) is 0 Å². The van der Waals surface area contributed by atoms with Crippen LogP contribution in [0.25, 0.3) is 98.4 Å². The zero-order valence-electron chi connectivity index (χ0n) is 29.3. The third-order valence-electron chi connectivity index (χ3n) is 11.7. The topological polar surface area (TPSA) is 8.82 Å². The van der Waals surface area contributed by atoms with Crippen LogP contribution in [0.15, 0.2) is 109 Å². The molecule has 0 aliphatic heterocycles. The second-order valence-corrected chi connectivity index (χ2v) is 14.8. The summed E-state index contributed by atoms with van der Waals surface area (Å²) in [6.07, 6.45) is 0. The van der Waals surface area contributed by atoms with Crippen LogP contribution in [0, 0.1) is 41.5 Å². The molecule has 0 N–H and O–H groups in total. The molecule has 0 spiro atoms. The van der Waals surface area contributed by atoms with Crippen molar-refractivity contribution in [2.24, 2.45) is 0 Å². The molecule has 0 unspecified atom stereocenters. The first-order valence-electron chi connectivity index (χ1n) is 17.8. The minimum atomic E-state index is 1.27.